The quantitative estimate of drug-likeness (QED) is 0.622. The van der Waals surface area contributed by atoms with Crippen molar-refractivity contribution >= 4 is 0 Å². The maximum atomic E-state index is 12.9. The summed E-state index contributed by atoms with van der Waals surface area (Å²) in [6.45, 7) is 4.13. The molecule has 0 saturated heterocycles. The minimum atomic E-state index is -0.770. The summed E-state index contributed by atoms with van der Waals surface area (Å²) in [5.41, 5.74) is 0.524. The van der Waals surface area contributed by atoms with E-state index in [1.54, 1.807) is 62.5 Å². The van der Waals surface area contributed by atoms with Crippen LogP contribution in [0.25, 0.3) is 5.69 Å². The molecule has 0 aliphatic heterocycles. The van der Waals surface area contributed by atoms with Crippen LogP contribution in [-0.4, -0.2) is 21.9 Å². The SMILES string of the molecule is CC(C)(O)CCOc1ccc(-n2ccc(OCc3ccc(F)cc3)cc2=O)cc1. The number of aromatic nitrogens is 1. The summed E-state index contributed by atoms with van der Waals surface area (Å²) in [5.74, 6) is 0.817. The monoisotopic (exact) mass is 397 g/mol. The van der Waals surface area contributed by atoms with Crippen molar-refractivity contribution < 1.29 is 19.0 Å². The third-order valence-corrected chi connectivity index (χ3v) is 4.31. The molecule has 3 rings (SSSR count). The number of pyridine rings is 1. The molecule has 0 unspecified atom stereocenters. The average molecular weight is 397 g/mol. The van der Waals surface area contributed by atoms with Crippen molar-refractivity contribution in [3.63, 3.8) is 0 Å². The van der Waals surface area contributed by atoms with Gasteiger partial charge in [0, 0.05) is 24.4 Å². The Morgan fingerprint density at radius 3 is 2.28 bits per heavy atom. The maximum Gasteiger partial charge on any atom is 0.258 e. The molecule has 0 saturated carbocycles. The highest BCUT2D eigenvalue weighted by molar-refractivity contribution is 5.38. The lowest BCUT2D eigenvalue weighted by Gasteiger charge is -2.17. The standard InChI is InChI=1S/C23H24FNO4/c1-23(2,27)12-14-28-20-9-7-19(8-10-20)25-13-11-21(15-22(25)26)29-16-17-3-5-18(24)6-4-17/h3-11,13,15,27H,12,14,16H2,1-2H3. The van der Waals surface area contributed by atoms with Crippen LogP contribution in [0.2, 0.25) is 0 Å². The molecule has 0 amide bonds. The largest absolute Gasteiger partial charge is 0.493 e. The van der Waals surface area contributed by atoms with Gasteiger partial charge in [-0.05, 0) is 61.9 Å². The van der Waals surface area contributed by atoms with Crippen LogP contribution in [0.15, 0.2) is 71.7 Å². The summed E-state index contributed by atoms with van der Waals surface area (Å²) in [6.07, 6.45) is 2.17. The molecular weight excluding hydrogens is 373 g/mol. The van der Waals surface area contributed by atoms with E-state index < -0.39 is 5.60 Å². The van der Waals surface area contributed by atoms with E-state index in [4.69, 9.17) is 9.47 Å². The Bertz CT molecular complexity index is 989. The molecule has 0 atom stereocenters. The molecule has 2 aromatic carbocycles. The fourth-order valence-corrected chi connectivity index (χ4v) is 2.63. The van der Waals surface area contributed by atoms with Gasteiger partial charge >= 0.3 is 0 Å². The molecule has 0 fully saturated rings. The van der Waals surface area contributed by atoms with Gasteiger partial charge in [0.1, 0.15) is 23.9 Å². The molecule has 29 heavy (non-hydrogen) atoms. The van der Waals surface area contributed by atoms with E-state index in [1.807, 2.05) is 0 Å². The van der Waals surface area contributed by atoms with Crippen LogP contribution in [0, 0.1) is 5.82 Å². The highest BCUT2D eigenvalue weighted by atomic mass is 19.1. The highest BCUT2D eigenvalue weighted by Crippen LogP contribution is 2.17. The lowest BCUT2D eigenvalue weighted by Crippen LogP contribution is -2.21. The maximum absolute atomic E-state index is 12.9. The molecule has 0 aliphatic carbocycles. The number of ether oxygens (including phenoxy) is 2. The van der Waals surface area contributed by atoms with E-state index in [2.05, 4.69) is 0 Å². The van der Waals surface area contributed by atoms with Gasteiger partial charge in [-0.3, -0.25) is 9.36 Å². The van der Waals surface area contributed by atoms with Crippen molar-refractivity contribution in [3.05, 3.63) is 88.6 Å². The Hall–Kier alpha value is -3.12. The number of aliphatic hydroxyl groups is 1. The average Bonchev–Trinajstić information content (AvgIpc) is 2.67. The second-order valence-electron chi connectivity index (χ2n) is 7.39. The minimum Gasteiger partial charge on any atom is -0.493 e. The number of rotatable bonds is 8. The Morgan fingerprint density at radius 2 is 1.66 bits per heavy atom. The van der Waals surface area contributed by atoms with Crippen LogP contribution in [0.4, 0.5) is 4.39 Å². The zero-order valence-electron chi connectivity index (χ0n) is 16.5. The first kappa shape index (κ1) is 20.6. The van der Waals surface area contributed by atoms with Crippen molar-refractivity contribution in [3.8, 4) is 17.2 Å². The smallest absolute Gasteiger partial charge is 0.258 e. The number of halogens is 1. The van der Waals surface area contributed by atoms with E-state index in [1.165, 1.54) is 22.8 Å². The summed E-state index contributed by atoms with van der Waals surface area (Å²) in [7, 11) is 0. The molecule has 0 bridgehead atoms. The van der Waals surface area contributed by atoms with Crippen LogP contribution in [0.3, 0.4) is 0 Å². The molecule has 1 aromatic heterocycles. The molecule has 152 valence electrons. The van der Waals surface area contributed by atoms with E-state index >= 15 is 0 Å². The predicted octanol–water partition coefficient (Wildman–Crippen LogP) is 4.10. The second-order valence-corrected chi connectivity index (χ2v) is 7.39. The van der Waals surface area contributed by atoms with Crippen molar-refractivity contribution in [2.24, 2.45) is 0 Å². The fraction of sp³-hybridized carbons (Fsp3) is 0.261. The molecule has 0 spiro atoms. The Morgan fingerprint density at radius 1 is 0.966 bits per heavy atom. The lowest BCUT2D eigenvalue weighted by molar-refractivity contribution is 0.0553. The van der Waals surface area contributed by atoms with Gasteiger partial charge in [-0.1, -0.05) is 12.1 Å². The molecule has 5 nitrogen and oxygen atoms in total. The summed E-state index contributed by atoms with van der Waals surface area (Å²) in [6, 6.07) is 16.3. The molecule has 0 radical (unpaired) electrons. The summed E-state index contributed by atoms with van der Waals surface area (Å²) in [5, 5.41) is 9.71. The Balaban J connectivity index is 1.62. The van der Waals surface area contributed by atoms with Crippen molar-refractivity contribution in [1.29, 1.82) is 0 Å². The van der Waals surface area contributed by atoms with Gasteiger partial charge in [0.25, 0.3) is 5.56 Å². The van der Waals surface area contributed by atoms with Gasteiger partial charge in [-0.25, -0.2) is 4.39 Å². The fourth-order valence-electron chi connectivity index (χ4n) is 2.63. The first-order valence-electron chi connectivity index (χ1n) is 9.36. The molecule has 0 aliphatic rings. The van der Waals surface area contributed by atoms with Crippen molar-refractivity contribution in [2.45, 2.75) is 32.5 Å². The number of hydrogen-bond acceptors (Lipinski definition) is 4. The van der Waals surface area contributed by atoms with Crippen molar-refractivity contribution in [2.75, 3.05) is 6.61 Å². The summed E-state index contributed by atoms with van der Waals surface area (Å²) in [4.78, 5) is 12.4. The summed E-state index contributed by atoms with van der Waals surface area (Å²) >= 11 is 0. The first-order valence-corrected chi connectivity index (χ1v) is 9.36. The van der Waals surface area contributed by atoms with Gasteiger partial charge in [0.05, 0.1) is 12.2 Å². The van der Waals surface area contributed by atoms with Gasteiger partial charge in [0.2, 0.25) is 0 Å². The molecule has 3 aromatic rings. The number of nitrogens with zero attached hydrogens (tertiary/aromatic N) is 1. The second kappa shape index (κ2) is 8.92. The van der Waals surface area contributed by atoms with E-state index in [-0.39, 0.29) is 18.0 Å². The minimum absolute atomic E-state index is 0.225. The lowest BCUT2D eigenvalue weighted by atomic mass is 10.1. The van der Waals surface area contributed by atoms with E-state index in [0.29, 0.717) is 30.2 Å². The van der Waals surface area contributed by atoms with Crippen LogP contribution in [0.1, 0.15) is 25.8 Å². The zero-order chi connectivity index (χ0) is 20.9. The van der Waals surface area contributed by atoms with Gasteiger partial charge in [-0.2, -0.15) is 0 Å². The highest BCUT2D eigenvalue weighted by Gasteiger charge is 2.12. The topological polar surface area (TPSA) is 60.7 Å². The van der Waals surface area contributed by atoms with Crippen LogP contribution < -0.4 is 15.0 Å². The Labute approximate surface area is 169 Å². The molecule has 1 heterocycles. The zero-order valence-corrected chi connectivity index (χ0v) is 16.5. The molecule has 6 heteroatoms. The van der Waals surface area contributed by atoms with Gasteiger partial charge < -0.3 is 14.6 Å². The van der Waals surface area contributed by atoms with Crippen LogP contribution in [-0.2, 0) is 6.61 Å². The summed E-state index contributed by atoms with van der Waals surface area (Å²) < 4.78 is 25.7. The van der Waals surface area contributed by atoms with Gasteiger partial charge in [-0.15, -0.1) is 0 Å². The molecular formula is C23H24FNO4. The van der Waals surface area contributed by atoms with Crippen LogP contribution >= 0.6 is 0 Å². The third-order valence-electron chi connectivity index (χ3n) is 4.31. The number of benzene rings is 2. The Kier molecular flexibility index (Phi) is 6.34. The van der Waals surface area contributed by atoms with Crippen LogP contribution in [0.5, 0.6) is 11.5 Å². The van der Waals surface area contributed by atoms with Gasteiger partial charge in [0.15, 0.2) is 0 Å². The number of hydrogen-bond donors (Lipinski definition) is 1. The first-order chi connectivity index (χ1) is 13.8. The molecule has 1 N–H and O–H groups in total. The van der Waals surface area contributed by atoms with E-state index in [0.717, 1.165) is 5.56 Å². The van der Waals surface area contributed by atoms with Crippen molar-refractivity contribution in [1.82, 2.24) is 4.57 Å². The third kappa shape index (κ3) is 6.19. The predicted molar refractivity (Wildman–Crippen MR) is 109 cm³/mol. The van der Waals surface area contributed by atoms with E-state index in [9.17, 15) is 14.3 Å². The normalized spacial score (nSPS) is 11.3.